The Balaban J connectivity index is 1.49. The summed E-state index contributed by atoms with van der Waals surface area (Å²) in [4.78, 5) is 28.8. The Morgan fingerprint density at radius 1 is 1.14 bits per heavy atom. The highest BCUT2D eigenvalue weighted by molar-refractivity contribution is 6.02. The number of rotatable bonds is 2. The zero-order valence-electron chi connectivity index (χ0n) is 16.8. The van der Waals surface area contributed by atoms with Crippen molar-refractivity contribution in [1.29, 1.82) is 0 Å². The smallest absolute Gasteiger partial charge is 0.265 e. The van der Waals surface area contributed by atoms with Crippen LogP contribution in [0, 0.1) is 0 Å². The van der Waals surface area contributed by atoms with Crippen molar-refractivity contribution in [1.82, 2.24) is 4.90 Å². The van der Waals surface area contributed by atoms with Crippen molar-refractivity contribution in [3.8, 4) is 5.75 Å². The van der Waals surface area contributed by atoms with Gasteiger partial charge in [0.05, 0.1) is 18.9 Å². The molecule has 0 bridgehead atoms. The number of amides is 2. The van der Waals surface area contributed by atoms with Gasteiger partial charge < -0.3 is 19.1 Å². The monoisotopic (exact) mass is 388 g/mol. The molecular formula is C21H28N2O5. The van der Waals surface area contributed by atoms with Crippen molar-refractivity contribution in [2.75, 3.05) is 44.4 Å². The normalized spacial score (nSPS) is 21.6. The molecule has 0 aliphatic carbocycles. The van der Waals surface area contributed by atoms with E-state index in [1.807, 2.05) is 18.2 Å². The average molecular weight is 388 g/mol. The van der Waals surface area contributed by atoms with Gasteiger partial charge in [-0.25, -0.2) is 0 Å². The molecular weight excluding hydrogens is 360 g/mol. The third-order valence-electron chi connectivity index (χ3n) is 5.75. The van der Waals surface area contributed by atoms with Crippen LogP contribution in [0.5, 0.6) is 5.75 Å². The highest BCUT2D eigenvalue weighted by atomic mass is 16.7. The lowest BCUT2D eigenvalue weighted by Crippen LogP contribution is -2.51. The highest BCUT2D eigenvalue weighted by Gasteiger charge is 2.41. The van der Waals surface area contributed by atoms with Gasteiger partial charge in [-0.15, -0.1) is 0 Å². The van der Waals surface area contributed by atoms with E-state index >= 15 is 0 Å². The third-order valence-corrected chi connectivity index (χ3v) is 5.75. The lowest BCUT2D eigenvalue weighted by Gasteiger charge is -2.38. The summed E-state index contributed by atoms with van der Waals surface area (Å²) < 4.78 is 17.0. The molecule has 0 radical (unpaired) electrons. The van der Waals surface area contributed by atoms with Crippen molar-refractivity contribution in [2.45, 2.75) is 44.8 Å². The van der Waals surface area contributed by atoms with Gasteiger partial charge in [0.2, 0.25) is 5.91 Å². The van der Waals surface area contributed by atoms with Gasteiger partial charge in [0.15, 0.2) is 12.4 Å². The van der Waals surface area contributed by atoms with Gasteiger partial charge in [0, 0.05) is 25.9 Å². The lowest BCUT2D eigenvalue weighted by atomic mass is 9.86. The van der Waals surface area contributed by atoms with Gasteiger partial charge in [-0.3, -0.25) is 14.5 Å². The molecule has 0 saturated carbocycles. The first-order chi connectivity index (χ1) is 13.3. The third kappa shape index (κ3) is 3.61. The Kier molecular flexibility index (Phi) is 4.83. The fourth-order valence-electron chi connectivity index (χ4n) is 3.96. The summed E-state index contributed by atoms with van der Waals surface area (Å²) in [5, 5.41) is 0. The molecule has 1 aromatic carbocycles. The fraction of sp³-hybridized carbons (Fsp3) is 0.619. The van der Waals surface area contributed by atoms with E-state index < -0.39 is 5.79 Å². The van der Waals surface area contributed by atoms with Crippen molar-refractivity contribution >= 4 is 17.5 Å². The molecule has 0 atom stereocenters. The summed E-state index contributed by atoms with van der Waals surface area (Å²) in [6.07, 6.45) is 1.33. The fourth-order valence-corrected chi connectivity index (χ4v) is 3.96. The highest BCUT2D eigenvalue weighted by Crippen LogP contribution is 2.37. The second kappa shape index (κ2) is 7.04. The summed E-state index contributed by atoms with van der Waals surface area (Å²) in [6, 6.07) is 5.87. The molecule has 3 heterocycles. The standard InChI is InChI=1S/C21H28N2O5/c1-20(2,3)15-4-5-17-16(12-15)23(19(25)14-26-17)13-18(24)22-8-6-21(7-9-22)27-10-11-28-21/h4-5,12H,6-11,13-14H2,1-3H3. The molecule has 7 heteroatoms. The molecule has 0 aromatic heterocycles. The molecule has 2 fully saturated rings. The van der Waals surface area contributed by atoms with E-state index in [2.05, 4.69) is 20.8 Å². The van der Waals surface area contributed by atoms with Crippen LogP contribution in [0.2, 0.25) is 0 Å². The first-order valence-corrected chi connectivity index (χ1v) is 9.91. The molecule has 1 spiro atoms. The Morgan fingerprint density at radius 2 is 1.82 bits per heavy atom. The van der Waals surface area contributed by atoms with E-state index in [-0.39, 0.29) is 30.4 Å². The van der Waals surface area contributed by atoms with E-state index in [0.29, 0.717) is 50.6 Å². The second-order valence-electron chi connectivity index (χ2n) is 8.69. The topological polar surface area (TPSA) is 68.3 Å². The molecule has 2 amide bonds. The molecule has 0 unspecified atom stereocenters. The number of nitrogens with zero attached hydrogens (tertiary/aromatic N) is 2. The number of hydrogen-bond donors (Lipinski definition) is 0. The Labute approximate surface area is 165 Å². The molecule has 4 rings (SSSR count). The first-order valence-electron chi connectivity index (χ1n) is 9.91. The molecule has 3 aliphatic rings. The molecule has 3 aliphatic heterocycles. The minimum absolute atomic E-state index is 0.0253. The van der Waals surface area contributed by atoms with E-state index in [1.165, 1.54) is 0 Å². The molecule has 2 saturated heterocycles. The van der Waals surface area contributed by atoms with E-state index in [1.54, 1.807) is 9.80 Å². The van der Waals surface area contributed by atoms with Crippen LogP contribution in [-0.2, 0) is 24.5 Å². The van der Waals surface area contributed by atoms with Crippen LogP contribution in [0.25, 0.3) is 0 Å². The Hall–Kier alpha value is -2.12. The van der Waals surface area contributed by atoms with E-state index in [0.717, 1.165) is 5.56 Å². The first kappa shape index (κ1) is 19.2. The van der Waals surface area contributed by atoms with Crippen molar-refractivity contribution in [3.05, 3.63) is 23.8 Å². The van der Waals surface area contributed by atoms with Gasteiger partial charge in [-0.05, 0) is 23.1 Å². The Morgan fingerprint density at radius 3 is 2.46 bits per heavy atom. The second-order valence-corrected chi connectivity index (χ2v) is 8.69. The van der Waals surface area contributed by atoms with Crippen LogP contribution >= 0.6 is 0 Å². The number of carbonyl (C=O) groups is 2. The number of ether oxygens (including phenoxy) is 3. The van der Waals surface area contributed by atoms with Crippen LogP contribution in [0.4, 0.5) is 5.69 Å². The zero-order chi connectivity index (χ0) is 19.9. The maximum absolute atomic E-state index is 12.9. The summed E-state index contributed by atoms with van der Waals surface area (Å²) in [6.45, 7) is 8.72. The zero-order valence-corrected chi connectivity index (χ0v) is 16.8. The number of likely N-dealkylation sites (tertiary alicyclic amines) is 1. The van der Waals surface area contributed by atoms with Gasteiger partial charge in [-0.2, -0.15) is 0 Å². The minimum atomic E-state index is -0.514. The SMILES string of the molecule is CC(C)(C)c1ccc2c(c1)N(CC(=O)N1CCC3(CC1)OCCO3)C(=O)CO2. The summed E-state index contributed by atoms with van der Waals surface area (Å²) >= 11 is 0. The van der Waals surface area contributed by atoms with Gasteiger partial charge in [-0.1, -0.05) is 26.8 Å². The number of anilines is 1. The molecule has 7 nitrogen and oxygen atoms in total. The van der Waals surface area contributed by atoms with Crippen LogP contribution in [0.1, 0.15) is 39.2 Å². The van der Waals surface area contributed by atoms with Crippen molar-refractivity contribution in [3.63, 3.8) is 0 Å². The van der Waals surface area contributed by atoms with Gasteiger partial charge in [0.1, 0.15) is 12.3 Å². The number of fused-ring (bicyclic) bond motifs is 1. The van der Waals surface area contributed by atoms with Crippen LogP contribution in [0.15, 0.2) is 18.2 Å². The summed E-state index contributed by atoms with van der Waals surface area (Å²) in [5.41, 5.74) is 1.71. The van der Waals surface area contributed by atoms with Crippen LogP contribution < -0.4 is 9.64 Å². The number of carbonyl (C=O) groups excluding carboxylic acids is 2. The van der Waals surface area contributed by atoms with E-state index in [9.17, 15) is 9.59 Å². The van der Waals surface area contributed by atoms with Gasteiger partial charge in [0.25, 0.3) is 5.91 Å². The predicted molar refractivity (Wildman–Crippen MR) is 103 cm³/mol. The maximum atomic E-state index is 12.9. The van der Waals surface area contributed by atoms with Crippen molar-refractivity contribution < 1.29 is 23.8 Å². The molecule has 1 aromatic rings. The number of hydrogen-bond acceptors (Lipinski definition) is 5. The van der Waals surface area contributed by atoms with Crippen molar-refractivity contribution in [2.24, 2.45) is 0 Å². The quantitative estimate of drug-likeness (QED) is 0.776. The predicted octanol–water partition coefficient (Wildman–Crippen LogP) is 2.08. The number of benzene rings is 1. The Bertz CT molecular complexity index is 769. The molecule has 152 valence electrons. The largest absolute Gasteiger partial charge is 0.482 e. The average Bonchev–Trinajstić information content (AvgIpc) is 3.11. The summed E-state index contributed by atoms with van der Waals surface area (Å²) in [5.74, 6) is -0.122. The minimum Gasteiger partial charge on any atom is -0.482 e. The maximum Gasteiger partial charge on any atom is 0.265 e. The van der Waals surface area contributed by atoms with Crippen LogP contribution in [-0.4, -0.2) is 62.0 Å². The van der Waals surface area contributed by atoms with E-state index in [4.69, 9.17) is 14.2 Å². The lowest BCUT2D eigenvalue weighted by molar-refractivity contribution is -0.187. The summed E-state index contributed by atoms with van der Waals surface area (Å²) in [7, 11) is 0. The van der Waals surface area contributed by atoms with Gasteiger partial charge >= 0.3 is 0 Å². The number of piperidine rings is 1. The molecule has 28 heavy (non-hydrogen) atoms. The molecule has 0 N–H and O–H groups in total. The van der Waals surface area contributed by atoms with Crippen LogP contribution in [0.3, 0.4) is 0 Å².